The molecule has 0 bridgehead atoms. The van der Waals surface area contributed by atoms with Gasteiger partial charge in [0.15, 0.2) is 0 Å². The van der Waals surface area contributed by atoms with E-state index in [0.29, 0.717) is 5.03 Å². The third kappa shape index (κ3) is 3.00. The van der Waals surface area contributed by atoms with Gasteiger partial charge in [-0.25, -0.2) is 4.98 Å². The average molecular weight is 255 g/mol. The van der Waals surface area contributed by atoms with Gasteiger partial charge in [0.1, 0.15) is 0 Å². The number of allylic oxidation sites excluding steroid dienone is 6. The van der Waals surface area contributed by atoms with E-state index in [1.807, 2.05) is 16.8 Å². The molecule has 0 atom stereocenters. The van der Waals surface area contributed by atoms with Crippen LogP contribution in [0.25, 0.3) is 0 Å². The summed E-state index contributed by atoms with van der Waals surface area (Å²) in [5, 5.41) is 1.44. The van der Waals surface area contributed by atoms with Gasteiger partial charge in [0, 0.05) is 29.0 Å². The summed E-state index contributed by atoms with van der Waals surface area (Å²) in [6.07, 6.45) is 13.1. The van der Waals surface area contributed by atoms with Crippen molar-refractivity contribution in [1.29, 1.82) is 0 Å². The topological polar surface area (TPSA) is 17.8 Å². The first-order valence-corrected chi connectivity index (χ1v) is 5.89. The molecule has 1 aromatic heterocycles. The predicted molar refractivity (Wildman–Crippen MR) is 67.4 cm³/mol. The predicted octanol–water partition coefficient (Wildman–Crippen LogP) is 3.85. The quantitative estimate of drug-likeness (QED) is 0.802. The molecule has 0 N–H and O–H groups in total. The minimum atomic E-state index is 0.707. The number of halogens is 2. The van der Waals surface area contributed by atoms with Crippen molar-refractivity contribution in [2.24, 2.45) is 0 Å². The molecule has 0 aromatic carbocycles. The summed E-state index contributed by atoms with van der Waals surface area (Å²) in [5.74, 6) is 0. The molecule has 84 valence electrons. The summed E-state index contributed by atoms with van der Waals surface area (Å²) >= 11 is 12.1. The van der Waals surface area contributed by atoms with Crippen LogP contribution in [-0.2, 0) is 6.54 Å². The van der Waals surface area contributed by atoms with Crippen LogP contribution in [0.4, 0.5) is 0 Å². The van der Waals surface area contributed by atoms with Crippen LogP contribution in [0.3, 0.4) is 0 Å². The minimum absolute atomic E-state index is 0.707. The van der Waals surface area contributed by atoms with Gasteiger partial charge in [0.25, 0.3) is 0 Å². The smallest absolute Gasteiger partial charge is 0.0946 e. The molecule has 16 heavy (non-hydrogen) atoms. The number of aromatic nitrogens is 2. The van der Waals surface area contributed by atoms with Gasteiger partial charge in [-0.15, -0.1) is 0 Å². The first kappa shape index (κ1) is 11.5. The van der Waals surface area contributed by atoms with Crippen LogP contribution >= 0.6 is 23.2 Å². The molecule has 0 amide bonds. The molecule has 1 heterocycles. The number of imidazole rings is 1. The van der Waals surface area contributed by atoms with Crippen molar-refractivity contribution >= 4 is 23.2 Å². The molecule has 0 spiro atoms. The lowest BCUT2D eigenvalue weighted by Crippen LogP contribution is -1.96. The highest BCUT2D eigenvalue weighted by Crippen LogP contribution is 2.25. The van der Waals surface area contributed by atoms with Crippen molar-refractivity contribution in [2.45, 2.75) is 19.4 Å². The van der Waals surface area contributed by atoms with E-state index in [4.69, 9.17) is 23.2 Å². The van der Waals surface area contributed by atoms with Crippen LogP contribution in [0.1, 0.15) is 12.8 Å². The normalized spacial score (nSPS) is 16.2. The average Bonchev–Trinajstić information content (AvgIpc) is 2.70. The third-order valence-electron chi connectivity index (χ3n) is 2.45. The van der Waals surface area contributed by atoms with Gasteiger partial charge in [-0.3, -0.25) is 0 Å². The van der Waals surface area contributed by atoms with E-state index >= 15 is 0 Å². The molecule has 4 heteroatoms. The maximum Gasteiger partial charge on any atom is 0.0946 e. The first-order valence-electron chi connectivity index (χ1n) is 5.14. The van der Waals surface area contributed by atoms with Gasteiger partial charge >= 0.3 is 0 Å². The van der Waals surface area contributed by atoms with Crippen molar-refractivity contribution in [3.8, 4) is 0 Å². The lowest BCUT2D eigenvalue weighted by atomic mass is 10.1. The Morgan fingerprint density at radius 1 is 1.31 bits per heavy atom. The minimum Gasteiger partial charge on any atom is -0.337 e. The van der Waals surface area contributed by atoms with Crippen LogP contribution in [-0.4, -0.2) is 9.55 Å². The van der Waals surface area contributed by atoms with E-state index in [2.05, 4.69) is 11.1 Å². The molecule has 1 aliphatic rings. The van der Waals surface area contributed by atoms with E-state index < -0.39 is 0 Å². The van der Waals surface area contributed by atoms with Crippen molar-refractivity contribution in [3.63, 3.8) is 0 Å². The van der Waals surface area contributed by atoms with Crippen molar-refractivity contribution in [1.82, 2.24) is 9.55 Å². The van der Waals surface area contributed by atoms with Gasteiger partial charge in [0.2, 0.25) is 0 Å². The van der Waals surface area contributed by atoms with Gasteiger partial charge < -0.3 is 4.57 Å². The zero-order valence-corrected chi connectivity index (χ0v) is 10.2. The summed E-state index contributed by atoms with van der Waals surface area (Å²) in [6.45, 7) is 0.882. The van der Waals surface area contributed by atoms with Crippen LogP contribution in [0.5, 0.6) is 0 Å². The van der Waals surface area contributed by atoms with Gasteiger partial charge in [-0.2, -0.15) is 0 Å². The molecular weight excluding hydrogens is 243 g/mol. The van der Waals surface area contributed by atoms with Gasteiger partial charge in [-0.1, -0.05) is 35.4 Å². The Morgan fingerprint density at radius 2 is 2.19 bits per heavy atom. The Morgan fingerprint density at radius 3 is 2.94 bits per heavy atom. The molecule has 2 rings (SSSR count). The van der Waals surface area contributed by atoms with Crippen molar-refractivity contribution in [3.05, 3.63) is 52.6 Å². The number of aryl methyl sites for hydroxylation is 1. The lowest BCUT2D eigenvalue weighted by molar-refractivity contribution is 0.696. The number of hydrogen-bond donors (Lipinski definition) is 0. The van der Waals surface area contributed by atoms with Crippen LogP contribution < -0.4 is 0 Å². The zero-order valence-electron chi connectivity index (χ0n) is 8.74. The Kier molecular flexibility index (Phi) is 3.86. The molecule has 1 aromatic rings. The second-order valence-electron chi connectivity index (χ2n) is 3.60. The molecular formula is C12H12Cl2N2. The van der Waals surface area contributed by atoms with E-state index in [1.54, 1.807) is 18.6 Å². The van der Waals surface area contributed by atoms with Crippen molar-refractivity contribution < 1.29 is 0 Å². The molecule has 2 nitrogen and oxygen atoms in total. The maximum atomic E-state index is 6.16. The molecule has 0 unspecified atom stereocenters. The van der Waals surface area contributed by atoms with Gasteiger partial charge in [-0.05, 0) is 24.5 Å². The Labute approximate surface area is 105 Å². The van der Waals surface area contributed by atoms with E-state index in [0.717, 1.165) is 30.0 Å². The number of nitrogens with zero attached hydrogens (tertiary/aromatic N) is 2. The lowest BCUT2D eigenvalue weighted by Gasteiger charge is -2.06. The summed E-state index contributed by atoms with van der Waals surface area (Å²) in [5.41, 5.74) is 1.14. The standard InChI is InChI=1S/C12H12Cl2N2/c13-11-3-1-2-10(12(14)8-11)4-6-16-7-5-15-9-16/h2-3,5,7-9H,1,4,6H2. The molecule has 0 fully saturated rings. The Bertz CT molecular complexity index is 442. The highest BCUT2D eigenvalue weighted by atomic mass is 35.5. The van der Waals surface area contributed by atoms with E-state index in [9.17, 15) is 0 Å². The molecule has 0 saturated carbocycles. The molecule has 0 saturated heterocycles. The van der Waals surface area contributed by atoms with Crippen LogP contribution in [0.2, 0.25) is 0 Å². The molecule has 1 aliphatic carbocycles. The van der Waals surface area contributed by atoms with E-state index in [-0.39, 0.29) is 0 Å². The van der Waals surface area contributed by atoms with Crippen LogP contribution in [0.15, 0.2) is 52.6 Å². The summed E-state index contributed by atoms with van der Waals surface area (Å²) in [4.78, 5) is 4.00. The van der Waals surface area contributed by atoms with Gasteiger partial charge in [0.05, 0.1) is 6.33 Å². The second-order valence-corrected chi connectivity index (χ2v) is 4.44. The third-order valence-corrected chi connectivity index (χ3v) is 3.06. The Balaban J connectivity index is 2.00. The summed E-state index contributed by atoms with van der Waals surface area (Å²) < 4.78 is 2.03. The maximum absolute atomic E-state index is 6.16. The highest BCUT2D eigenvalue weighted by molar-refractivity contribution is 6.36. The monoisotopic (exact) mass is 254 g/mol. The fourth-order valence-corrected chi connectivity index (χ4v) is 2.12. The molecule has 0 aliphatic heterocycles. The fraction of sp³-hybridized carbons (Fsp3) is 0.250. The van der Waals surface area contributed by atoms with Crippen LogP contribution in [0, 0.1) is 0 Å². The summed E-state index contributed by atoms with van der Waals surface area (Å²) in [7, 11) is 0. The van der Waals surface area contributed by atoms with E-state index in [1.165, 1.54) is 0 Å². The summed E-state index contributed by atoms with van der Waals surface area (Å²) in [6, 6.07) is 0. The zero-order chi connectivity index (χ0) is 11.4. The fourth-order valence-electron chi connectivity index (χ4n) is 1.57. The molecule has 0 radical (unpaired) electrons. The number of rotatable bonds is 3. The SMILES string of the molecule is ClC1=CCC=C(CCn2ccnc2)C(Cl)=C1. The second kappa shape index (κ2) is 5.37. The van der Waals surface area contributed by atoms with Crippen molar-refractivity contribution in [2.75, 3.05) is 0 Å². The number of hydrogen-bond acceptors (Lipinski definition) is 1. The largest absolute Gasteiger partial charge is 0.337 e. The Hall–Kier alpha value is -0.990. The first-order chi connectivity index (χ1) is 7.75. The highest BCUT2D eigenvalue weighted by Gasteiger charge is 2.06.